The molecule has 0 radical (unpaired) electrons. The lowest BCUT2D eigenvalue weighted by Crippen LogP contribution is -2.34. The molecule has 2 heteroatoms. The Kier molecular flexibility index (Phi) is 2.94. The summed E-state index contributed by atoms with van der Waals surface area (Å²) in [7, 11) is 0. The van der Waals surface area contributed by atoms with E-state index in [1.165, 1.54) is 11.1 Å². The summed E-state index contributed by atoms with van der Waals surface area (Å²) in [6, 6.07) is 5.61. The van der Waals surface area contributed by atoms with Gasteiger partial charge < -0.3 is 10.2 Å². The van der Waals surface area contributed by atoms with Crippen LogP contribution < -0.4 is 0 Å². The van der Waals surface area contributed by atoms with E-state index in [1.54, 1.807) is 6.07 Å². The molecule has 1 aromatic rings. The maximum absolute atomic E-state index is 10.2. The maximum Gasteiger partial charge on any atom is 0.115 e. The Morgan fingerprint density at radius 1 is 1.26 bits per heavy atom. The van der Waals surface area contributed by atoms with Crippen LogP contribution in [0.25, 0.3) is 5.57 Å². The molecule has 1 aromatic carbocycles. The second-order valence-electron chi connectivity index (χ2n) is 6.43. The number of aromatic hydroxyl groups is 1. The molecule has 19 heavy (non-hydrogen) atoms. The second-order valence-corrected chi connectivity index (χ2v) is 6.43. The molecule has 0 aliphatic heterocycles. The van der Waals surface area contributed by atoms with Gasteiger partial charge in [0.05, 0.1) is 6.10 Å². The standard InChI is InChI=1S/C17H22O2/c1-11-9-14(18)4-5-15(11)12-7-8-17(2)13(10-12)3-6-16(17)19/h4-5,7,9,13,16,18-19H,3,6,8,10H2,1-2H3/t13-,16-,17-/m0/s1. The number of phenolic OH excluding ortho intramolecular Hbond substituents is 1. The van der Waals surface area contributed by atoms with Crippen LogP contribution in [0, 0.1) is 18.3 Å². The van der Waals surface area contributed by atoms with Crippen LogP contribution in [0.5, 0.6) is 5.75 Å². The molecule has 0 unspecified atom stereocenters. The van der Waals surface area contributed by atoms with Gasteiger partial charge in [-0.2, -0.15) is 0 Å². The zero-order chi connectivity index (χ0) is 13.6. The lowest BCUT2D eigenvalue weighted by molar-refractivity contribution is 0.0400. The number of hydrogen-bond acceptors (Lipinski definition) is 2. The molecule has 0 aromatic heterocycles. The summed E-state index contributed by atoms with van der Waals surface area (Å²) in [4.78, 5) is 0. The van der Waals surface area contributed by atoms with E-state index in [9.17, 15) is 10.2 Å². The normalized spacial score (nSPS) is 33.9. The molecule has 2 aliphatic carbocycles. The van der Waals surface area contributed by atoms with Gasteiger partial charge in [0.25, 0.3) is 0 Å². The van der Waals surface area contributed by atoms with Crippen molar-refractivity contribution in [1.82, 2.24) is 0 Å². The van der Waals surface area contributed by atoms with Crippen molar-refractivity contribution in [3.8, 4) is 5.75 Å². The summed E-state index contributed by atoms with van der Waals surface area (Å²) in [5.41, 5.74) is 3.85. The van der Waals surface area contributed by atoms with Crippen molar-refractivity contribution in [2.75, 3.05) is 0 Å². The van der Waals surface area contributed by atoms with E-state index in [-0.39, 0.29) is 11.5 Å². The van der Waals surface area contributed by atoms with Gasteiger partial charge in [0.1, 0.15) is 5.75 Å². The van der Waals surface area contributed by atoms with Crippen LogP contribution in [0.1, 0.15) is 43.7 Å². The lowest BCUT2D eigenvalue weighted by atomic mass is 9.68. The molecule has 2 N–H and O–H groups in total. The van der Waals surface area contributed by atoms with E-state index in [4.69, 9.17) is 0 Å². The Labute approximate surface area is 114 Å². The molecule has 0 spiro atoms. The summed E-state index contributed by atoms with van der Waals surface area (Å²) in [6.45, 7) is 4.28. The predicted octanol–water partition coefficient (Wildman–Crippen LogP) is 3.66. The van der Waals surface area contributed by atoms with Gasteiger partial charge in [0.2, 0.25) is 0 Å². The van der Waals surface area contributed by atoms with Crippen LogP contribution in [0.4, 0.5) is 0 Å². The molecule has 3 rings (SSSR count). The summed E-state index contributed by atoms with van der Waals surface area (Å²) in [5, 5.41) is 19.7. The number of aryl methyl sites for hydroxylation is 1. The monoisotopic (exact) mass is 258 g/mol. The van der Waals surface area contributed by atoms with Gasteiger partial charge in [-0.25, -0.2) is 0 Å². The zero-order valence-electron chi connectivity index (χ0n) is 11.7. The molecule has 2 aliphatic rings. The van der Waals surface area contributed by atoms with E-state index in [2.05, 4.69) is 13.0 Å². The van der Waals surface area contributed by atoms with Gasteiger partial charge in [-0.05, 0) is 67.4 Å². The number of phenols is 1. The van der Waals surface area contributed by atoms with Gasteiger partial charge >= 0.3 is 0 Å². The number of aliphatic hydroxyl groups is 1. The van der Waals surface area contributed by atoms with Crippen LogP contribution in [-0.4, -0.2) is 16.3 Å². The first-order valence-electron chi connectivity index (χ1n) is 7.18. The van der Waals surface area contributed by atoms with Gasteiger partial charge in [0, 0.05) is 5.41 Å². The quantitative estimate of drug-likeness (QED) is 0.807. The first kappa shape index (κ1) is 12.7. The molecular formula is C17H22O2. The van der Waals surface area contributed by atoms with Crippen LogP contribution in [0.3, 0.4) is 0 Å². The van der Waals surface area contributed by atoms with E-state index in [0.29, 0.717) is 11.7 Å². The van der Waals surface area contributed by atoms with Crippen LogP contribution in [0.15, 0.2) is 24.3 Å². The molecular weight excluding hydrogens is 236 g/mol. The molecule has 0 bridgehead atoms. The fourth-order valence-corrected chi connectivity index (χ4v) is 3.85. The Bertz CT molecular complexity index is 532. The molecule has 0 saturated heterocycles. The summed E-state index contributed by atoms with van der Waals surface area (Å²) >= 11 is 0. The number of allylic oxidation sites excluding steroid dienone is 2. The lowest BCUT2D eigenvalue weighted by Gasteiger charge is -2.38. The van der Waals surface area contributed by atoms with Crippen molar-refractivity contribution < 1.29 is 10.2 Å². The highest BCUT2D eigenvalue weighted by molar-refractivity contribution is 5.70. The Morgan fingerprint density at radius 3 is 2.79 bits per heavy atom. The van der Waals surface area contributed by atoms with Crippen LogP contribution in [-0.2, 0) is 0 Å². The van der Waals surface area contributed by atoms with E-state index >= 15 is 0 Å². The van der Waals surface area contributed by atoms with E-state index in [0.717, 1.165) is 31.2 Å². The van der Waals surface area contributed by atoms with Crippen LogP contribution in [0.2, 0.25) is 0 Å². The van der Waals surface area contributed by atoms with Gasteiger partial charge in [-0.1, -0.05) is 19.1 Å². The molecule has 3 atom stereocenters. The fraction of sp³-hybridized carbons (Fsp3) is 0.529. The fourth-order valence-electron chi connectivity index (χ4n) is 3.85. The van der Waals surface area contributed by atoms with Crippen molar-refractivity contribution in [1.29, 1.82) is 0 Å². The molecule has 1 saturated carbocycles. The number of rotatable bonds is 1. The van der Waals surface area contributed by atoms with Crippen LogP contribution >= 0.6 is 0 Å². The average molecular weight is 258 g/mol. The number of fused-ring (bicyclic) bond motifs is 1. The minimum atomic E-state index is -0.142. The predicted molar refractivity (Wildman–Crippen MR) is 76.9 cm³/mol. The number of aliphatic hydroxyl groups excluding tert-OH is 1. The first-order valence-corrected chi connectivity index (χ1v) is 7.18. The van der Waals surface area contributed by atoms with Crippen molar-refractivity contribution in [2.24, 2.45) is 11.3 Å². The van der Waals surface area contributed by atoms with E-state index in [1.807, 2.05) is 19.1 Å². The second kappa shape index (κ2) is 4.38. The van der Waals surface area contributed by atoms with Crippen molar-refractivity contribution in [3.63, 3.8) is 0 Å². The third-order valence-corrected chi connectivity index (χ3v) is 5.29. The van der Waals surface area contributed by atoms with Gasteiger partial charge in [-0.15, -0.1) is 0 Å². The van der Waals surface area contributed by atoms with Gasteiger partial charge in [-0.3, -0.25) is 0 Å². The first-order chi connectivity index (χ1) is 9.00. The summed E-state index contributed by atoms with van der Waals surface area (Å²) < 4.78 is 0. The molecule has 2 nitrogen and oxygen atoms in total. The molecule has 0 heterocycles. The minimum absolute atomic E-state index is 0.0777. The Hall–Kier alpha value is -1.28. The molecule has 1 fully saturated rings. The number of hydrogen-bond donors (Lipinski definition) is 2. The van der Waals surface area contributed by atoms with E-state index < -0.39 is 0 Å². The zero-order valence-corrected chi connectivity index (χ0v) is 11.7. The molecule has 0 amide bonds. The Morgan fingerprint density at radius 2 is 2.05 bits per heavy atom. The highest BCUT2D eigenvalue weighted by Crippen LogP contribution is 2.53. The molecule has 102 valence electrons. The van der Waals surface area contributed by atoms with Crippen molar-refractivity contribution in [2.45, 2.75) is 45.6 Å². The maximum atomic E-state index is 10.2. The Balaban J connectivity index is 1.92. The third-order valence-electron chi connectivity index (χ3n) is 5.29. The summed E-state index contributed by atoms with van der Waals surface area (Å²) in [5.74, 6) is 0.925. The third kappa shape index (κ3) is 1.99. The smallest absolute Gasteiger partial charge is 0.115 e. The van der Waals surface area contributed by atoms with Gasteiger partial charge in [0.15, 0.2) is 0 Å². The minimum Gasteiger partial charge on any atom is -0.508 e. The highest BCUT2D eigenvalue weighted by Gasteiger charge is 2.46. The summed E-state index contributed by atoms with van der Waals surface area (Å²) in [6.07, 6.45) is 6.25. The largest absolute Gasteiger partial charge is 0.508 e. The number of benzene rings is 1. The SMILES string of the molecule is Cc1cc(O)ccc1C1=CC[C@@]2(C)[C@@H](CC[C@@H]2O)C1. The van der Waals surface area contributed by atoms with Crippen molar-refractivity contribution in [3.05, 3.63) is 35.4 Å². The average Bonchev–Trinajstić information content (AvgIpc) is 2.66. The highest BCUT2D eigenvalue weighted by atomic mass is 16.3. The topological polar surface area (TPSA) is 40.5 Å². The van der Waals surface area contributed by atoms with Crippen molar-refractivity contribution >= 4 is 5.57 Å².